The minimum Gasteiger partial charge on any atom is -0.341 e. The summed E-state index contributed by atoms with van der Waals surface area (Å²) < 4.78 is -0.412. The van der Waals surface area contributed by atoms with Crippen LogP contribution in [-0.4, -0.2) is 28.2 Å². The number of carbonyl (C=O) groups is 1. The number of likely N-dealkylation sites (tertiary alicyclic amines) is 1. The van der Waals surface area contributed by atoms with Crippen molar-refractivity contribution in [3.63, 3.8) is 0 Å². The highest BCUT2D eigenvalue weighted by molar-refractivity contribution is 9.10. The summed E-state index contributed by atoms with van der Waals surface area (Å²) >= 11 is 3.46. The molecule has 0 aliphatic carbocycles. The standard InChI is InChI=1S/C13H24BrNO/c1-10(2)11-6-5-8-15(9-7-11)12(16)13(3,4)14/h10-11H,5-9H2,1-4H3. The third kappa shape index (κ3) is 3.76. The second-order valence-electron chi connectivity index (χ2n) is 5.70. The normalized spacial score (nSPS) is 23.4. The van der Waals surface area contributed by atoms with Crippen LogP contribution < -0.4 is 0 Å². The SMILES string of the molecule is CC(C)C1CCCN(C(=O)C(C)(C)Br)CC1. The van der Waals surface area contributed by atoms with Crippen molar-refractivity contribution >= 4 is 21.8 Å². The zero-order chi connectivity index (χ0) is 12.3. The fourth-order valence-corrected chi connectivity index (χ4v) is 2.62. The molecule has 0 aromatic rings. The van der Waals surface area contributed by atoms with Gasteiger partial charge in [0.1, 0.15) is 0 Å². The summed E-state index contributed by atoms with van der Waals surface area (Å²) in [5, 5.41) is 0. The van der Waals surface area contributed by atoms with E-state index in [0.29, 0.717) is 0 Å². The Kier molecular flexibility index (Phi) is 4.84. The molecule has 1 aliphatic rings. The van der Waals surface area contributed by atoms with Crippen LogP contribution in [0.25, 0.3) is 0 Å². The Morgan fingerprint density at radius 1 is 1.31 bits per heavy atom. The molecule has 0 aromatic carbocycles. The molecular formula is C13H24BrNO. The van der Waals surface area contributed by atoms with Crippen molar-refractivity contribution in [2.24, 2.45) is 11.8 Å². The van der Waals surface area contributed by atoms with Gasteiger partial charge in [-0.3, -0.25) is 4.79 Å². The summed E-state index contributed by atoms with van der Waals surface area (Å²) in [5.74, 6) is 1.76. The van der Waals surface area contributed by atoms with Gasteiger partial charge in [-0.05, 0) is 44.9 Å². The maximum Gasteiger partial charge on any atom is 0.238 e. The molecule has 1 saturated heterocycles. The van der Waals surface area contributed by atoms with Crippen molar-refractivity contribution in [1.82, 2.24) is 4.90 Å². The van der Waals surface area contributed by atoms with E-state index in [4.69, 9.17) is 0 Å². The Morgan fingerprint density at radius 2 is 1.94 bits per heavy atom. The summed E-state index contributed by atoms with van der Waals surface area (Å²) in [5.41, 5.74) is 0. The lowest BCUT2D eigenvalue weighted by Crippen LogP contribution is -2.42. The molecule has 0 N–H and O–H groups in total. The first-order valence-electron chi connectivity index (χ1n) is 6.30. The van der Waals surface area contributed by atoms with Gasteiger partial charge in [0, 0.05) is 13.1 Å². The Balaban J connectivity index is 2.57. The fraction of sp³-hybridized carbons (Fsp3) is 0.923. The molecule has 1 atom stereocenters. The molecule has 0 spiro atoms. The number of hydrogen-bond acceptors (Lipinski definition) is 1. The van der Waals surface area contributed by atoms with Gasteiger partial charge in [0.25, 0.3) is 0 Å². The van der Waals surface area contributed by atoms with Gasteiger partial charge in [0.2, 0.25) is 5.91 Å². The Labute approximate surface area is 108 Å². The van der Waals surface area contributed by atoms with E-state index in [-0.39, 0.29) is 5.91 Å². The van der Waals surface area contributed by atoms with Gasteiger partial charge in [-0.15, -0.1) is 0 Å². The van der Waals surface area contributed by atoms with Crippen molar-refractivity contribution in [1.29, 1.82) is 0 Å². The molecule has 1 amide bonds. The topological polar surface area (TPSA) is 20.3 Å². The van der Waals surface area contributed by atoms with Gasteiger partial charge in [0.15, 0.2) is 0 Å². The van der Waals surface area contributed by atoms with E-state index in [1.807, 2.05) is 18.7 Å². The number of amides is 1. The minimum absolute atomic E-state index is 0.233. The van der Waals surface area contributed by atoms with Gasteiger partial charge >= 0.3 is 0 Å². The average Bonchev–Trinajstić information content (AvgIpc) is 2.39. The van der Waals surface area contributed by atoms with Gasteiger partial charge in [0.05, 0.1) is 4.32 Å². The summed E-state index contributed by atoms with van der Waals surface area (Å²) in [7, 11) is 0. The number of halogens is 1. The molecule has 0 aromatic heterocycles. The third-order valence-corrected chi connectivity index (χ3v) is 3.85. The first-order valence-corrected chi connectivity index (χ1v) is 7.10. The molecule has 1 heterocycles. The number of carbonyl (C=O) groups excluding carboxylic acids is 1. The highest BCUT2D eigenvalue weighted by Gasteiger charge is 2.30. The van der Waals surface area contributed by atoms with Crippen molar-refractivity contribution in [2.75, 3.05) is 13.1 Å². The van der Waals surface area contributed by atoms with Gasteiger partial charge in [-0.1, -0.05) is 29.8 Å². The maximum absolute atomic E-state index is 12.1. The van der Waals surface area contributed by atoms with Crippen LogP contribution in [0.15, 0.2) is 0 Å². The molecule has 1 aliphatic heterocycles. The van der Waals surface area contributed by atoms with E-state index in [9.17, 15) is 4.79 Å². The van der Waals surface area contributed by atoms with E-state index in [0.717, 1.165) is 37.8 Å². The summed E-state index contributed by atoms with van der Waals surface area (Å²) in [6.07, 6.45) is 3.58. The first kappa shape index (κ1) is 14.0. The monoisotopic (exact) mass is 289 g/mol. The largest absolute Gasteiger partial charge is 0.341 e. The molecular weight excluding hydrogens is 266 g/mol. The van der Waals surface area contributed by atoms with Crippen LogP contribution >= 0.6 is 15.9 Å². The van der Waals surface area contributed by atoms with Gasteiger partial charge < -0.3 is 4.90 Å². The van der Waals surface area contributed by atoms with E-state index >= 15 is 0 Å². The summed E-state index contributed by atoms with van der Waals surface area (Å²) in [4.78, 5) is 14.2. The van der Waals surface area contributed by atoms with Crippen molar-refractivity contribution in [2.45, 2.75) is 51.3 Å². The Morgan fingerprint density at radius 3 is 2.44 bits per heavy atom. The smallest absolute Gasteiger partial charge is 0.238 e. The van der Waals surface area contributed by atoms with Gasteiger partial charge in [-0.25, -0.2) is 0 Å². The van der Waals surface area contributed by atoms with Crippen LogP contribution in [0.3, 0.4) is 0 Å². The molecule has 0 bridgehead atoms. The quantitative estimate of drug-likeness (QED) is 0.713. The zero-order valence-electron chi connectivity index (χ0n) is 10.9. The van der Waals surface area contributed by atoms with E-state index in [2.05, 4.69) is 29.8 Å². The second kappa shape index (κ2) is 5.52. The lowest BCUT2D eigenvalue weighted by molar-refractivity contribution is -0.132. The molecule has 1 unspecified atom stereocenters. The molecule has 1 fully saturated rings. The lowest BCUT2D eigenvalue weighted by atomic mass is 9.89. The molecule has 16 heavy (non-hydrogen) atoms. The summed E-state index contributed by atoms with van der Waals surface area (Å²) in [6.45, 7) is 10.3. The fourth-order valence-electron chi connectivity index (χ4n) is 2.37. The predicted molar refractivity (Wildman–Crippen MR) is 71.8 cm³/mol. The molecule has 2 nitrogen and oxygen atoms in total. The highest BCUT2D eigenvalue weighted by atomic mass is 79.9. The van der Waals surface area contributed by atoms with Crippen LogP contribution in [0.4, 0.5) is 0 Å². The van der Waals surface area contributed by atoms with Crippen LogP contribution in [0.2, 0.25) is 0 Å². The predicted octanol–water partition coefficient (Wildman–Crippen LogP) is 3.44. The van der Waals surface area contributed by atoms with E-state index in [1.165, 1.54) is 6.42 Å². The molecule has 1 rings (SSSR count). The zero-order valence-corrected chi connectivity index (χ0v) is 12.5. The first-order chi connectivity index (χ1) is 7.32. The van der Waals surface area contributed by atoms with Gasteiger partial charge in [-0.2, -0.15) is 0 Å². The van der Waals surface area contributed by atoms with E-state index < -0.39 is 4.32 Å². The number of hydrogen-bond donors (Lipinski definition) is 0. The highest BCUT2D eigenvalue weighted by Crippen LogP contribution is 2.27. The molecule has 3 heteroatoms. The Hall–Kier alpha value is -0.0500. The lowest BCUT2D eigenvalue weighted by Gasteiger charge is -2.27. The van der Waals surface area contributed by atoms with Crippen LogP contribution in [0.1, 0.15) is 47.0 Å². The van der Waals surface area contributed by atoms with Crippen molar-refractivity contribution < 1.29 is 4.79 Å². The third-order valence-electron chi connectivity index (χ3n) is 3.51. The van der Waals surface area contributed by atoms with E-state index in [1.54, 1.807) is 0 Å². The minimum atomic E-state index is -0.412. The van der Waals surface area contributed by atoms with Crippen LogP contribution in [-0.2, 0) is 4.79 Å². The number of alkyl halides is 1. The van der Waals surface area contributed by atoms with Crippen LogP contribution in [0, 0.1) is 11.8 Å². The number of nitrogens with zero attached hydrogens (tertiary/aromatic N) is 1. The molecule has 0 saturated carbocycles. The Bertz CT molecular complexity index is 245. The van der Waals surface area contributed by atoms with Crippen molar-refractivity contribution in [3.05, 3.63) is 0 Å². The maximum atomic E-state index is 12.1. The number of rotatable bonds is 2. The molecule has 0 radical (unpaired) electrons. The molecule has 94 valence electrons. The second-order valence-corrected chi connectivity index (χ2v) is 7.68. The van der Waals surface area contributed by atoms with Crippen molar-refractivity contribution in [3.8, 4) is 0 Å². The van der Waals surface area contributed by atoms with Crippen LogP contribution in [0.5, 0.6) is 0 Å². The summed E-state index contributed by atoms with van der Waals surface area (Å²) in [6, 6.07) is 0. The average molecular weight is 290 g/mol.